The molecule has 0 spiro atoms. The zero-order valence-corrected chi connectivity index (χ0v) is 24.0. The summed E-state index contributed by atoms with van der Waals surface area (Å²) in [7, 11) is 7.17. The average molecular weight is 544 g/mol. The predicted molar refractivity (Wildman–Crippen MR) is 180 cm³/mol. The van der Waals surface area contributed by atoms with Crippen molar-refractivity contribution in [2.24, 2.45) is 0 Å². The third-order valence-electron chi connectivity index (χ3n) is 8.11. The molecule has 41 heavy (non-hydrogen) atoms. The molecule has 1 aliphatic carbocycles. The number of anilines is 2. The molecule has 0 saturated heterocycles. The van der Waals surface area contributed by atoms with Gasteiger partial charge in [-0.25, -0.2) is 0 Å². The quantitative estimate of drug-likeness (QED) is 0.159. The molecule has 2 nitrogen and oxygen atoms in total. The minimum Gasteiger partial charge on any atom is -0.313 e. The van der Waals surface area contributed by atoms with Gasteiger partial charge in [-0.2, -0.15) is 0 Å². The lowest BCUT2D eigenvalue weighted by atomic mass is 9.92. The molecule has 196 valence electrons. The molecular weight excluding hydrogens is 514 g/mol. The van der Waals surface area contributed by atoms with Gasteiger partial charge in [-0.3, -0.25) is 0 Å². The topological polar surface area (TPSA) is 8.17 Å². The smallest absolute Gasteiger partial charge is 0.0709 e. The van der Waals surface area contributed by atoms with E-state index in [0.29, 0.717) is 12.0 Å². The van der Waals surface area contributed by atoms with Gasteiger partial charge < -0.3 is 9.47 Å². The van der Waals surface area contributed by atoms with E-state index in [1.165, 1.54) is 61.3 Å². The lowest BCUT2D eigenvalue weighted by Crippen LogP contribution is -2.14. The van der Waals surface area contributed by atoms with Crippen LogP contribution in [0.4, 0.5) is 11.4 Å². The number of rotatable bonds is 3. The maximum absolute atomic E-state index is 4.81. The van der Waals surface area contributed by atoms with E-state index in [9.17, 15) is 0 Å². The van der Waals surface area contributed by atoms with E-state index < -0.39 is 0 Å². The molecule has 0 saturated carbocycles. The second kappa shape index (κ2) is 10.9. The Bertz CT molecular complexity index is 1860. The summed E-state index contributed by atoms with van der Waals surface area (Å²) in [5.74, 6) is 0.448. The number of hydrogen-bond donors (Lipinski definition) is 0. The van der Waals surface area contributed by atoms with E-state index >= 15 is 0 Å². The molecule has 4 heteroatoms. The van der Waals surface area contributed by atoms with Crippen LogP contribution in [-0.2, 0) is 0 Å². The normalized spacial score (nSPS) is 15.3. The van der Waals surface area contributed by atoms with Crippen LogP contribution < -0.4 is 4.90 Å². The largest absolute Gasteiger partial charge is 0.313 e. The highest BCUT2D eigenvalue weighted by Crippen LogP contribution is 2.50. The Morgan fingerprint density at radius 3 is 1.83 bits per heavy atom. The molecule has 2 radical (unpaired) electrons. The lowest BCUT2D eigenvalue weighted by Gasteiger charge is -2.24. The summed E-state index contributed by atoms with van der Waals surface area (Å²) in [6, 6.07) is 44.8. The van der Waals surface area contributed by atoms with Crippen molar-refractivity contribution in [1.29, 1.82) is 0 Å². The van der Waals surface area contributed by atoms with Gasteiger partial charge in [0.1, 0.15) is 0 Å². The SMILES string of the molecule is C1=CCC2C(=C1)N(c1ccc(-c3ccc(-n4c5ccccc5c5ccccc54)cc3)cc1)c1ccccc12.[B]CP. The fourth-order valence-electron chi connectivity index (χ4n) is 6.35. The van der Waals surface area contributed by atoms with Crippen molar-refractivity contribution in [1.82, 2.24) is 4.57 Å². The summed E-state index contributed by atoms with van der Waals surface area (Å²) in [4.78, 5) is 2.43. The highest BCUT2D eigenvalue weighted by Gasteiger charge is 2.34. The summed E-state index contributed by atoms with van der Waals surface area (Å²) >= 11 is 0. The van der Waals surface area contributed by atoms with Crippen LogP contribution in [0.1, 0.15) is 17.9 Å². The van der Waals surface area contributed by atoms with Crippen molar-refractivity contribution in [3.8, 4) is 16.8 Å². The Morgan fingerprint density at radius 2 is 1.20 bits per heavy atom. The molecule has 2 unspecified atom stereocenters. The standard InChI is InChI=1S/C36H26N2.CH4BP/c1-5-13-33-29(9-1)30-10-2-6-14-34(30)37(33)27-21-17-25(18-22-27)26-19-23-28(24-20-26)38-35-15-7-3-11-31(35)32-12-4-8-16-36(32)38;2-1-3/h1-11,13-24,32H,12H2;1,3H2. The number of allylic oxidation sites excluding steroid dienone is 4. The van der Waals surface area contributed by atoms with Crippen molar-refractivity contribution in [2.45, 2.75) is 12.3 Å². The van der Waals surface area contributed by atoms with E-state index in [-0.39, 0.29) is 0 Å². The minimum atomic E-state index is 0.448. The third-order valence-corrected chi connectivity index (χ3v) is 8.11. The van der Waals surface area contributed by atoms with Crippen molar-refractivity contribution < 1.29 is 0 Å². The van der Waals surface area contributed by atoms with Crippen LogP contribution in [0, 0.1) is 0 Å². The number of fused-ring (bicyclic) bond motifs is 6. The van der Waals surface area contributed by atoms with Gasteiger partial charge in [0.2, 0.25) is 0 Å². The van der Waals surface area contributed by atoms with E-state index in [0.717, 1.165) is 6.42 Å². The summed E-state index contributed by atoms with van der Waals surface area (Å²) in [5.41, 5.74) is 11.4. The van der Waals surface area contributed by atoms with Gasteiger partial charge in [0, 0.05) is 39.4 Å². The fraction of sp³-hybridized carbons (Fsp3) is 0.0811. The number of nitrogens with zero attached hydrogens (tertiary/aromatic N) is 2. The maximum atomic E-state index is 4.81. The van der Waals surface area contributed by atoms with E-state index in [1.807, 2.05) is 0 Å². The molecule has 5 aromatic carbocycles. The molecule has 8 rings (SSSR count). The van der Waals surface area contributed by atoms with Crippen molar-refractivity contribution in [3.63, 3.8) is 0 Å². The van der Waals surface area contributed by atoms with Crippen LogP contribution in [0.15, 0.2) is 145 Å². The Kier molecular flexibility index (Phi) is 6.83. The van der Waals surface area contributed by atoms with Crippen LogP contribution in [0.5, 0.6) is 0 Å². The van der Waals surface area contributed by atoms with E-state index in [2.05, 4.69) is 158 Å². The first-order valence-corrected chi connectivity index (χ1v) is 14.9. The second-order valence-corrected chi connectivity index (χ2v) is 10.9. The molecule has 2 atom stereocenters. The van der Waals surface area contributed by atoms with Gasteiger partial charge >= 0.3 is 0 Å². The molecule has 0 amide bonds. The molecule has 0 bridgehead atoms. The Balaban J connectivity index is 0.000000884. The number of aromatic nitrogens is 1. The molecule has 1 aliphatic heterocycles. The van der Waals surface area contributed by atoms with Crippen LogP contribution in [0.3, 0.4) is 0 Å². The molecule has 1 aromatic heterocycles. The molecule has 2 heterocycles. The molecule has 6 aromatic rings. The van der Waals surface area contributed by atoms with E-state index in [4.69, 9.17) is 7.85 Å². The minimum absolute atomic E-state index is 0.448. The highest BCUT2D eigenvalue weighted by molar-refractivity contribution is 7.19. The van der Waals surface area contributed by atoms with Crippen LogP contribution >= 0.6 is 9.24 Å². The molecular formula is C37H30BN2P. The van der Waals surface area contributed by atoms with Gasteiger partial charge in [0.05, 0.1) is 18.9 Å². The maximum Gasteiger partial charge on any atom is 0.0709 e. The summed E-state index contributed by atoms with van der Waals surface area (Å²) in [6.45, 7) is 0. The van der Waals surface area contributed by atoms with Gasteiger partial charge in [-0.15, -0.1) is 9.24 Å². The van der Waals surface area contributed by atoms with Crippen molar-refractivity contribution >= 4 is 50.3 Å². The summed E-state index contributed by atoms with van der Waals surface area (Å²) in [5, 5.41) is 2.58. The van der Waals surface area contributed by atoms with Gasteiger partial charge in [-0.05, 0) is 71.7 Å². The summed E-state index contributed by atoms with van der Waals surface area (Å²) in [6.07, 6.45) is 7.81. The molecule has 0 N–H and O–H groups in total. The zero-order valence-electron chi connectivity index (χ0n) is 22.8. The average Bonchev–Trinajstić information content (AvgIpc) is 3.55. The number of para-hydroxylation sites is 3. The number of hydrogen-bond acceptors (Lipinski definition) is 1. The first-order valence-electron chi connectivity index (χ1n) is 14.1. The van der Waals surface area contributed by atoms with Gasteiger partial charge in [-0.1, -0.05) is 97.1 Å². The lowest BCUT2D eigenvalue weighted by molar-refractivity contribution is 0.819. The first kappa shape index (κ1) is 25.6. The number of benzene rings is 5. The zero-order chi connectivity index (χ0) is 27.8. The Hall–Kier alpha value is -4.33. The monoisotopic (exact) mass is 544 g/mol. The second-order valence-electron chi connectivity index (χ2n) is 10.4. The fourth-order valence-corrected chi connectivity index (χ4v) is 6.35. The Labute approximate surface area is 245 Å². The third kappa shape index (κ3) is 4.42. The van der Waals surface area contributed by atoms with Gasteiger partial charge in [0.25, 0.3) is 0 Å². The van der Waals surface area contributed by atoms with E-state index in [1.54, 1.807) is 0 Å². The van der Waals surface area contributed by atoms with Crippen molar-refractivity contribution in [3.05, 3.63) is 151 Å². The van der Waals surface area contributed by atoms with Crippen LogP contribution in [-0.4, -0.2) is 18.5 Å². The van der Waals surface area contributed by atoms with Crippen molar-refractivity contribution in [2.75, 3.05) is 11.0 Å². The summed E-state index contributed by atoms with van der Waals surface area (Å²) < 4.78 is 2.37. The van der Waals surface area contributed by atoms with Crippen LogP contribution in [0.2, 0.25) is 0 Å². The first-order chi connectivity index (χ1) is 20.3. The Morgan fingerprint density at radius 1 is 0.659 bits per heavy atom. The van der Waals surface area contributed by atoms with Gasteiger partial charge in [0.15, 0.2) is 0 Å². The predicted octanol–water partition coefficient (Wildman–Crippen LogP) is 9.52. The van der Waals surface area contributed by atoms with Crippen LogP contribution in [0.25, 0.3) is 38.6 Å². The highest BCUT2D eigenvalue weighted by atomic mass is 31.0. The molecule has 0 fully saturated rings. The molecule has 2 aliphatic rings.